The third kappa shape index (κ3) is 3.67. The van der Waals surface area contributed by atoms with Crippen molar-refractivity contribution in [3.8, 4) is 0 Å². The summed E-state index contributed by atoms with van der Waals surface area (Å²) in [5.41, 5.74) is 4.40. The molecular weight excluding hydrogens is 210 g/mol. The number of rotatable bonds is 5. The molecule has 0 spiro atoms. The van der Waals surface area contributed by atoms with Gasteiger partial charge in [-0.15, -0.1) is 0 Å². The monoisotopic (exact) mass is 233 g/mol. The molecule has 0 radical (unpaired) electrons. The number of aryl methyl sites for hydroxylation is 3. The van der Waals surface area contributed by atoms with Gasteiger partial charge in [0.15, 0.2) is 5.78 Å². The second-order valence-corrected chi connectivity index (χ2v) is 4.91. The highest BCUT2D eigenvalue weighted by molar-refractivity contribution is 5.99. The fourth-order valence-electron chi connectivity index (χ4n) is 2.05. The predicted molar refractivity (Wildman–Crippen MR) is 72.8 cm³/mol. The van der Waals surface area contributed by atoms with E-state index >= 15 is 0 Å². The van der Waals surface area contributed by atoms with Gasteiger partial charge >= 0.3 is 0 Å². The Hall–Kier alpha value is -1.15. The molecule has 1 aromatic carbocycles. The van der Waals surface area contributed by atoms with E-state index in [-0.39, 0.29) is 5.78 Å². The zero-order chi connectivity index (χ0) is 13.0. The van der Waals surface area contributed by atoms with Gasteiger partial charge in [-0.1, -0.05) is 13.0 Å². The van der Waals surface area contributed by atoms with Crippen LogP contribution in [-0.2, 0) is 0 Å². The van der Waals surface area contributed by atoms with Crippen molar-refractivity contribution in [3.05, 3.63) is 34.4 Å². The van der Waals surface area contributed by atoms with E-state index in [0.717, 1.165) is 24.1 Å². The minimum Gasteiger partial charge on any atom is -0.299 e. The maximum atomic E-state index is 12.2. The maximum Gasteiger partial charge on any atom is 0.177 e. The Labute approximate surface area is 105 Å². The summed E-state index contributed by atoms with van der Waals surface area (Å²) < 4.78 is 0. The van der Waals surface area contributed by atoms with Gasteiger partial charge in [0, 0.05) is 5.56 Å². The molecule has 2 nitrogen and oxygen atoms in total. The lowest BCUT2D eigenvalue weighted by molar-refractivity contribution is 0.0946. The fraction of sp³-hybridized carbons (Fsp3) is 0.533. The summed E-state index contributed by atoms with van der Waals surface area (Å²) in [5.74, 6) is 0.224. The van der Waals surface area contributed by atoms with Crippen LogP contribution >= 0.6 is 0 Å². The lowest BCUT2D eigenvalue weighted by Crippen LogP contribution is -2.27. The molecule has 0 atom stereocenters. The largest absolute Gasteiger partial charge is 0.299 e. The zero-order valence-electron chi connectivity index (χ0n) is 11.6. The average Bonchev–Trinajstić information content (AvgIpc) is 2.23. The molecule has 0 heterocycles. The van der Waals surface area contributed by atoms with Crippen LogP contribution < -0.4 is 0 Å². The second kappa shape index (κ2) is 5.97. The number of carbonyl (C=O) groups excluding carboxylic acids is 1. The summed E-state index contributed by atoms with van der Waals surface area (Å²) in [4.78, 5) is 14.3. The SMILES string of the molecule is CCCN(C)CC(=O)c1cc(C)c(C)cc1C. The molecule has 1 aromatic rings. The number of benzene rings is 1. The Morgan fingerprint density at radius 2 is 1.71 bits per heavy atom. The molecule has 94 valence electrons. The number of Topliss-reactive ketones (excluding diaryl/α,β-unsaturated/α-hetero) is 1. The number of nitrogens with zero attached hydrogens (tertiary/aromatic N) is 1. The van der Waals surface area contributed by atoms with Crippen molar-refractivity contribution in [2.45, 2.75) is 34.1 Å². The molecule has 0 saturated heterocycles. The minimum atomic E-state index is 0.224. The fourth-order valence-corrected chi connectivity index (χ4v) is 2.05. The standard InChI is InChI=1S/C15H23NO/c1-6-7-16(5)10-15(17)14-9-12(3)11(2)8-13(14)4/h8-9H,6-7,10H2,1-5H3. The van der Waals surface area contributed by atoms with Gasteiger partial charge < -0.3 is 0 Å². The summed E-state index contributed by atoms with van der Waals surface area (Å²) in [6.45, 7) is 9.76. The normalized spacial score (nSPS) is 10.9. The third-order valence-corrected chi connectivity index (χ3v) is 3.16. The van der Waals surface area contributed by atoms with E-state index in [9.17, 15) is 4.79 Å². The van der Waals surface area contributed by atoms with Gasteiger partial charge in [-0.25, -0.2) is 0 Å². The Morgan fingerprint density at radius 3 is 2.29 bits per heavy atom. The quantitative estimate of drug-likeness (QED) is 0.728. The first-order chi connectivity index (χ1) is 7.95. The molecule has 0 N–H and O–H groups in total. The number of hydrogen-bond acceptors (Lipinski definition) is 2. The van der Waals surface area contributed by atoms with Crippen LogP contribution in [0.5, 0.6) is 0 Å². The average molecular weight is 233 g/mol. The molecule has 1 rings (SSSR count). The molecule has 17 heavy (non-hydrogen) atoms. The van der Waals surface area contributed by atoms with Crippen LogP contribution in [0.4, 0.5) is 0 Å². The number of hydrogen-bond donors (Lipinski definition) is 0. The molecule has 0 aliphatic heterocycles. The van der Waals surface area contributed by atoms with E-state index in [0.29, 0.717) is 6.54 Å². The van der Waals surface area contributed by atoms with E-state index in [1.54, 1.807) is 0 Å². The molecule has 0 saturated carbocycles. The summed E-state index contributed by atoms with van der Waals surface area (Å²) >= 11 is 0. The van der Waals surface area contributed by atoms with Crippen molar-refractivity contribution in [2.24, 2.45) is 0 Å². The van der Waals surface area contributed by atoms with Gasteiger partial charge in [0.1, 0.15) is 0 Å². The Morgan fingerprint density at radius 1 is 1.12 bits per heavy atom. The van der Waals surface area contributed by atoms with Crippen LogP contribution in [0.1, 0.15) is 40.4 Å². The molecule has 0 aliphatic rings. The lowest BCUT2D eigenvalue weighted by Gasteiger charge is -2.16. The van der Waals surface area contributed by atoms with Crippen LogP contribution in [-0.4, -0.2) is 30.8 Å². The van der Waals surface area contributed by atoms with Crippen LogP contribution in [0, 0.1) is 20.8 Å². The highest BCUT2D eigenvalue weighted by Crippen LogP contribution is 2.16. The van der Waals surface area contributed by atoms with Gasteiger partial charge in [0.25, 0.3) is 0 Å². The molecule has 0 unspecified atom stereocenters. The van der Waals surface area contributed by atoms with E-state index < -0.39 is 0 Å². The van der Waals surface area contributed by atoms with Gasteiger partial charge in [-0.3, -0.25) is 9.69 Å². The number of carbonyl (C=O) groups is 1. The number of likely N-dealkylation sites (N-methyl/N-ethyl adjacent to an activating group) is 1. The first-order valence-corrected chi connectivity index (χ1v) is 6.25. The highest BCUT2D eigenvalue weighted by atomic mass is 16.1. The summed E-state index contributed by atoms with van der Waals surface area (Å²) in [7, 11) is 2.00. The van der Waals surface area contributed by atoms with Crippen molar-refractivity contribution < 1.29 is 4.79 Å². The smallest absolute Gasteiger partial charge is 0.177 e. The predicted octanol–water partition coefficient (Wildman–Crippen LogP) is 3.14. The van der Waals surface area contributed by atoms with Gasteiger partial charge in [0.2, 0.25) is 0 Å². The summed E-state index contributed by atoms with van der Waals surface area (Å²) in [6.07, 6.45) is 1.08. The van der Waals surface area contributed by atoms with Crippen LogP contribution in [0.15, 0.2) is 12.1 Å². The maximum absolute atomic E-state index is 12.2. The van der Waals surface area contributed by atoms with E-state index in [2.05, 4.69) is 31.7 Å². The molecular formula is C15H23NO. The minimum absolute atomic E-state index is 0.224. The van der Waals surface area contributed by atoms with E-state index in [1.807, 2.05) is 20.0 Å². The van der Waals surface area contributed by atoms with Crippen LogP contribution in [0.25, 0.3) is 0 Å². The number of ketones is 1. The van der Waals surface area contributed by atoms with Gasteiger partial charge in [0.05, 0.1) is 6.54 Å². The van der Waals surface area contributed by atoms with Crippen molar-refractivity contribution >= 4 is 5.78 Å². The highest BCUT2D eigenvalue weighted by Gasteiger charge is 2.12. The summed E-state index contributed by atoms with van der Waals surface area (Å²) in [6, 6.07) is 4.12. The van der Waals surface area contributed by atoms with Crippen LogP contribution in [0.2, 0.25) is 0 Å². The zero-order valence-corrected chi connectivity index (χ0v) is 11.6. The molecule has 2 heteroatoms. The molecule has 0 aromatic heterocycles. The van der Waals surface area contributed by atoms with Gasteiger partial charge in [-0.2, -0.15) is 0 Å². The summed E-state index contributed by atoms with van der Waals surface area (Å²) in [5, 5.41) is 0. The second-order valence-electron chi connectivity index (χ2n) is 4.91. The van der Waals surface area contributed by atoms with Crippen LogP contribution in [0.3, 0.4) is 0 Å². The van der Waals surface area contributed by atoms with Crippen molar-refractivity contribution in [2.75, 3.05) is 20.1 Å². The van der Waals surface area contributed by atoms with Gasteiger partial charge in [-0.05, 0) is 63.5 Å². The first-order valence-electron chi connectivity index (χ1n) is 6.25. The first kappa shape index (κ1) is 13.9. The van der Waals surface area contributed by atoms with E-state index in [1.165, 1.54) is 11.1 Å². The Balaban J connectivity index is 2.86. The molecule has 0 bridgehead atoms. The third-order valence-electron chi connectivity index (χ3n) is 3.16. The van der Waals surface area contributed by atoms with Crippen molar-refractivity contribution in [1.29, 1.82) is 0 Å². The molecule has 0 aliphatic carbocycles. The van der Waals surface area contributed by atoms with E-state index in [4.69, 9.17) is 0 Å². The lowest BCUT2D eigenvalue weighted by atomic mass is 9.98. The van der Waals surface area contributed by atoms with Crippen molar-refractivity contribution in [1.82, 2.24) is 4.90 Å². The Kier molecular flexibility index (Phi) is 4.88. The topological polar surface area (TPSA) is 20.3 Å². The van der Waals surface area contributed by atoms with Crippen molar-refractivity contribution in [3.63, 3.8) is 0 Å². The molecule has 0 amide bonds. The molecule has 0 fully saturated rings. The Bertz CT molecular complexity index is 410.